The lowest BCUT2D eigenvalue weighted by Crippen LogP contribution is -2.72. The molecular formula is C9H20N2O7. The molecule has 0 aliphatic heterocycles. The first-order valence-corrected chi connectivity index (χ1v) is 5.18. The van der Waals surface area contributed by atoms with Crippen LogP contribution in [0.25, 0.3) is 0 Å². The molecule has 0 bridgehead atoms. The molecule has 0 saturated heterocycles. The zero-order valence-electron chi connectivity index (χ0n) is 9.86. The summed E-state index contributed by atoms with van der Waals surface area (Å²) < 4.78 is 0. The zero-order chi connectivity index (χ0) is 14.4. The number of hydrogen-bond donors (Lipinski definition) is 7. The van der Waals surface area contributed by atoms with Gasteiger partial charge in [0.15, 0.2) is 0 Å². The largest absolute Gasteiger partial charge is 0.394 e. The molecule has 0 radical (unpaired) electrons. The summed E-state index contributed by atoms with van der Waals surface area (Å²) >= 11 is 0. The molecule has 0 spiro atoms. The summed E-state index contributed by atoms with van der Waals surface area (Å²) in [6, 6.07) is -1.22. The van der Waals surface area contributed by atoms with Gasteiger partial charge in [-0.25, -0.2) is 4.79 Å². The van der Waals surface area contributed by atoms with E-state index in [0.717, 1.165) is 0 Å². The maximum atomic E-state index is 11.4. The minimum Gasteiger partial charge on any atom is -0.394 e. The van der Waals surface area contributed by atoms with Crippen LogP contribution in [0.3, 0.4) is 0 Å². The standard InChI is InChI=1S/C9H20N2O7/c10-7(18)11(8(1-12,2-13)3-14)9(4-15,5-16)6-17/h12-17H,1-6H2,(H2,10,18). The quantitative estimate of drug-likeness (QED) is 0.234. The maximum Gasteiger partial charge on any atom is 0.316 e. The molecule has 0 rings (SSSR count). The lowest BCUT2D eigenvalue weighted by molar-refractivity contribution is -0.115. The van der Waals surface area contributed by atoms with E-state index in [2.05, 4.69) is 0 Å². The number of amides is 2. The van der Waals surface area contributed by atoms with E-state index < -0.39 is 56.8 Å². The summed E-state index contributed by atoms with van der Waals surface area (Å²) in [6.45, 7) is -5.22. The van der Waals surface area contributed by atoms with Gasteiger partial charge in [-0.15, -0.1) is 0 Å². The number of primary amides is 1. The van der Waals surface area contributed by atoms with Crippen molar-refractivity contribution < 1.29 is 35.4 Å². The first-order chi connectivity index (χ1) is 8.43. The Hall–Kier alpha value is -0.970. The highest BCUT2D eigenvalue weighted by Crippen LogP contribution is 2.25. The van der Waals surface area contributed by atoms with Crippen LogP contribution in [0.2, 0.25) is 0 Å². The summed E-state index contributed by atoms with van der Waals surface area (Å²) in [4.78, 5) is 11.9. The van der Waals surface area contributed by atoms with Gasteiger partial charge in [-0.3, -0.25) is 4.90 Å². The van der Waals surface area contributed by atoms with Gasteiger partial charge in [0.25, 0.3) is 0 Å². The van der Waals surface area contributed by atoms with E-state index in [9.17, 15) is 35.4 Å². The van der Waals surface area contributed by atoms with Crippen molar-refractivity contribution in [3.63, 3.8) is 0 Å². The molecular weight excluding hydrogens is 248 g/mol. The number of nitrogens with two attached hydrogens (primary N) is 1. The zero-order valence-corrected chi connectivity index (χ0v) is 9.86. The third kappa shape index (κ3) is 2.71. The van der Waals surface area contributed by atoms with E-state index in [-0.39, 0.29) is 0 Å². The van der Waals surface area contributed by atoms with E-state index in [0.29, 0.717) is 4.90 Å². The van der Waals surface area contributed by atoms with Gasteiger partial charge in [0.2, 0.25) is 0 Å². The van der Waals surface area contributed by atoms with Crippen LogP contribution in [0.1, 0.15) is 0 Å². The predicted molar refractivity (Wildman–Crippen MR) is 59.4 cm³/mol. The summed E-state index contributed by atoms with van der Waals surface area (Å²) in [7, 11) is 0. The Morgan fingerprint density at radius 2 is 1.00 bits per heavy atom. The summed E-state index contributed by atoms with van der Waals surface area (Å²) in [5.74, 6) is 0. The molecule has 0 aromatic rings. The molecule has 0 heterocycles. The van der Waals surface area contributed by atoms with Gasteiger partial charge in [-0.2, -0.15) is 0 Å². The van der Waals surface area contributed by atoms with E-state index in [1.807, 2.05) is 0 Å². The van der Waals surface area contributed by atoms with Crippen LogP contribution in [-0.4, -0.2) is 92.3 Å². The Balaban J connectivity index is 5.73. The molecule has 0 atom stereocenters. The molecule has 2 amide bonds. The SMILES string of the molecule is NC(=O)N(C(CO)(CO)CO)C(CO)(CO)CO. The number of nitrogens with zero attached hydrogens (tertiary/aromatic N) is 1. The Bertz CT molecular complexity index is 229. The number of carbonyl (C=O) groups is 1. The molecule has 0 saturated carbocycles. The topological polar surface area (TPSA) is 168 Å². The van der Waals surface area contributed by atoms with Gasteiger partial charge in [-0.05, 0) is 0 Å². The third-order valence-corrected chi connectivity index (χ3v) is 2.93. The van der Waals surface area contributed by atoms with Gasteiger partial charge in [0.1, 0.15) is 11.1 Å². The fourth-order valence-electron chi connectivity index (χ4n) is 1.69. The summed E-state index contributed by atoms with van der Waals surface area (Å²) in [5, 5.41) is 55.4. The minimum atomic E-state index is -1.90. The van der Waals surface area contributed by atoms with Crippen LogP contribution in [0, 0.1) is 0 Å². The van der Waals surface area contributed by atoms with Crippen LogP contribution >= 0.6 is 0 Å². The maximum absolute atomic E-state index is 11.4. The fourth-order valence-corrected chi connectivity index (χ4v) is 1.69. The fraction of sp³-hybridized carbons (Fsp3) is 0.889. The van der Waals surface area contributed by atoms with Crippen molar-refractivity contribution in [2.45, 2.75) is 11.1 Å². The van der Waals surface area contributed by atoms with Crippen molar-refractivity contribution in [3.8, 4) is 0 Å². The van der Waals surface area contributed by atoms with Crippen LogP contribution in [-0.2, 0) is 0 Å². The highest BCUT2D eigenvalue weighted by atomic mass is 16.3. The normalized spacial score (nSPS) is 12.6. The molecule has 9 nitrogen and oxygen atoms in total. The number of aliphatic hydroxyl groups is 6. The van der Waals surface area contributed by atoms with Crippen LogP contribution in [0.4, 0.5) is 4.79 Å². The minimum absolute atomic E-state index is 0.514. The van der Waals surface area contributed by atoms with Crippen LogP contribution in [0.5, 0.6) is 0 Å². The number of aliphatic hydroxyl groups excluding tert-OH is 6. The lowest BCUT2D eigenvalue weighted by atomic mass is 9.90. The highest BCUT2D eigenvalue weighted by Gasteiger charge is 2.49. The van der Waals surface area contributed by atoms with Gasteiger partial charge >= 0.3 is 6.03 Å². The Kier molecular flexibility index (Phi) is 6.46. The van der Waals surface area contributed by atoms with Gasteiger partial charge in [-0.1, -0.05) is 0 Å². The Morgan fingerprint density at radius 3 is 1.11 bits per heavy atom. The molecule has 0 fully saturated rings. The molecule has 108 valence electrons. The molecule has 9 heteroatoms. The van der Waals surface area contributed by atoms with Crippen LogP contribution in [0.15, 0.2) is 0 Å². The molecule has 0 unspecified atom stereocenters. The van der Waals surface area contributed by atoms with Crippen molar-refractivity contribution in [2.75, 3.05) is 39.6 Å². The summed E-state index contributed by atoms with van der Waals surface area (Å²) in [6.07, 6.45) is 0. The molecule has 18 heavy (non-hydrogen) atoms. The molecule has 0 aromatic carbocycles. The second kappa shape index (κ2) is 6.83. The average molecular weight is 268 g/mol. The second-order valence-electron chi connectivity index (χ2n) is 4.07. The molecule has 0 aromatic heterocycles. The Morgan fingerprint density at radius 1 is 0.778 bits per heavy atom. The van der Waals surface area contributed by atoms with Crippen LogP contribution < -0.4 is 5.73 Å². The van der Waals surface area contributed by atoms with E-state index in [4.69, 9.17) is 5.73 Å². The van der Waals surface area contributed by atoms with Gasteiger partial charge < -0.3 is 36.4 Å². The molecule has 0 aliphatic carbocycles. The van der Waals surface area contributed by atoms with E-state index in [1.165, 1.54) is 0 Å². The molecule has 8 N–H and O–H groups in total. The lowest BCUT2D eigenvalue weighted by Gasteiger charge is -2.49. The number of carbonyl (C=O) groups excluding carboxylic acids is 1. The van der Waals surface area contributed by atoms with Gasteiger partial charge in [0.05, 0.1) is 39.6 Å². The third-order valence-electron chi connectivity index (χ3n) is 2.93. The highest BCUT2D eigenvalue weighted by molar-refractivity contribution is 5.74. The number of urea groups is 1. The van der Waals surface area contributed by atoms with Crippen molar-refractivity contribution in [2.24, 2.45) is 5.73 Å². The average Bonchev–Trinajstić information content (AvgIpc) is 2.40. The Labute approximate surface area is 104 Å². The van der Waals surface area contributed by atoms with Crippen molar-refractivity contribution in [1.82, 2.24) is 4.90 Å². The predicted octanol–water partition coefficient (Wildman–Crippen LogP) is -4.20. The van der Waals surface area contributed by atoms with Crippen molar-refractivity contribution in [1.29, 1.82) is 0 Å². The van der Waals surface area contributed by atoms with Crippen molar-refractivity contribution >= 4 is 6.03 Å². The smallest absolute Gasteiger partial charge is 0.316 e. The first kappa shape index (κ1) is 17.0. The monoisotopic (exact) mass is 268 g/mol. The van der Waals surface area contributed by atoms with Crippen molar-refractivity contribution in [3.05, 3.63) is 0 Å². The summed E-state index contributed by atoms with van der Waals surface area (Å²) in [5.41, 5.74) is 1.28. The van der Waals surface area contributed by atoms with Gasteiger partial charge in [0, 0.05) is 0 Å². The molecule has 0 aliphatic rings. The number of hydrogen-bond acceptors (Lipinski definition) is 7. The second-order valence-corrected chi connectivity index (χ2v) is 4.07. The number of rotatable bonds is 8. The van der Waals surface area contributed by atoms with E-state index >= 15 is 0 Å². The first-order valence-electron chi connectivity index (χ1n) is 5.18. The van der Waals surface area contributed by atoms with E-state index in [1.54, 1.807) is 0 Å².